The number of allylic oxidation sites excluding steroid dienone is 18. The highest BCUT2D eigenvalue weighted by Crippen LogP contribution is 2.45. The number of esters is 4. The predicted octanol–water partition coefficient (Wildman–Crippen LogP) is 21.0. The van der Waals surface area contributed by atoms with Crippen LogP contribution >= 0.6 is 15.6 Å². The molecule has 552 valence electrons. The van der Waals surface area contributed by atoms with Gasteiger partial charge >= 0.3 is 39.5 Å². The van der Waals surface area contributed by atoms with E-state index in [1.54, 1.807) is 0 Å². The standard InChI is InChI=1S/C77H132O17P2/c1-5-9-13-17-21-25-29-31-33-35-37-39-43-45-49-53-57-61-74(79)87-67-72(93-76(81)63-59-55-51-47-41-27-23-19-15-11-7-3)69-91-95(83,84)89-65-71(78)66-90-96(85,86)92-70-73(94-77(82)64-60-56-52-48-42-28-24-20-16-12-8-4)68-88-75(80)62-58-54-50-46-44-40-38-36-34-32-30-26-22-18-14-10-6-2/h9-10,13-14,19,21-23,25-26,31-34,37,39,45,49,71-73,78H,5-8,11-12,15-18,20,24,27-30,35-36,38,40-44,46-48,50-70H2,1-4H3,(H,83,84)(H,85,86)/b13-9-,14-10-,23-19-,25-21-,26-22-,33-31-,34-32-,39-37-,49-45-. The van der Waals surface area contributed by atoms with Crippen molar-refractivity contribution >= 4 is 39.5 Å². The van der Waals surface area contributed by atoms with E-state index in [0.29, 0.717) is 32.1 Å². The van der Waals surface area contributed by atoms with Crippen LogP contribution in [0.5, 0.6) is 0 Å². The lowest BCUT2D eigenvalue weighted by Crippen LogP contribution is -2.30. The van der Waals surface area contributed by atoms with Crippen LogP contribution < -0.4 is 0 Å². The van der Waals surface area contributed by atoms with Crippen molar-refractivity contribution in [1.29, 1.82) is 0 Å². The maximum Gasteiger partial charge on any atom is 0.472 e. The Hall–Kier alpha value is -4.28. The molecular formula is C77H132O17P2. The first kappa shape index (κ1) is 91.7. The Kier molecular flexibility index (Phi) is 66.1. The summed E-state index contributed by atoms with van der Waals surface area (Å²) in [5.41, 5.74) is 0. The molecule has 0 saturated carbocycles. The highest BCUT2D eigenvalue weighted by molar-refractivity contribution is 7.47. The van der Waals surface area contributed by atoms with E-state index in [9.17, 15) is 43.2 Å². The van der Waals surface area contributed by atoms with E-state index in [-0.39, 0.29) is 25.7 Å². The zero-order valence-corrected chi connectivity index (χ0v) is 61.8. The molecule has 19 heteroatoms. The molecule has 0 aliphatic heterocycles. The number of hydrogen-bond acceptors (Lipinski definition) is 15. The normalized spacial score (nSPS) is 14.6. The fourth-order valence-corrected chi connectivity index (χ4v) is 11.2. The average Bonchev–Trinajstić information content (AvgIpc) is 1.21. The Labute approximate surface area is 581 Å². The second kappa shape index (κ2) is 69.2. The summed E-state index contributed by atoms with van der Waals surface area (Å²) in [6.07, 6.45) is 72.5. The van der Waals surface area contributed by atoms with Gasteiger partial charge in [-0.1, -0.05) is 265 Å². The third-order valence-corrected chi connectivity index (χ3v) is 17.1. The quantitative estimate of drug-likeness (QED) is 0.0169. The lowest BCUT2D eigenvalue weighted by atomic mass is 10.1. The number of unbranched alkanes of at least 4 members (excludes halogenated alkanes) is 25. The van der Waals surface area contributed by atoms with Crippen molar-refractivity contribution in [1.82, 2.24) is 0 Å². The van der Waals surface area contributed by atoms with Gasteiger partial charge in [-0.2, -0.15) is 0 Å². The molecule has 0 radical (unpaired) electrons. The van der Waals surface area contributed by atoms with E-state index >= 15 is 0 Å². The first-order valence-corrected chi connectivity index (χ1v) is 40.1. The van der Waals surface area contributed by atoms with E-state index in [2.05, 4.69) is 125 Å². The molecular weight excluding hydrogens is 1260 g/mol. The molecule has 0 bridgehead atoms. The van der Waals surface area contributed by atoms with Crippen LogP contribution in [0, 0.1) is 0 Å². The van der Waals surface area contributed by atoms with Gasteiger partial charge in [0.1, 0.15) is 19.3 Å². The molecule has 0 heterocycles. The molecule has 0 aromatic heterocycles. The summed E-state index contributed by atoms with van der Waals surface area (Å²) in [6.45, 7) is 4.52. The fourth-order valence-electron chi connectivity index (χ4n) is 9.60. The summed E-state index contributed by atoms with van der Waals surface area (Å²) in [6, 6.07) is 0. The summed E-state index contributed by atoms with van der Waals surface area (Å²) in [5, 5.41) is 10.6. The summed E-state index contributed by atoms with van der Waals surface area (Å²) >= 11 is 0. The van der Waals surface area contributed by atoms with Crippen molar-refractivity contribution in [2.24, 2.45) is 0 Å². The third kappa shape index (κ3) is 68.3. The van der Waals surface area contributed by atoms with E-state index in [4.69, 9.17) is 37.0 Å². The molecule has 0 aromatic carbocycles. The van der Waals surface area contributed by atoms with Gasteiger partial charge in [-0.05, 0) is 116 Å². The predicted molar refractivity (Wildman–Crippen MR) is 390 cm³/mol. The van der Waals surface area contributed by atoms with Gasteiger partial charge in [0.25, 0.3) is 0 Å². The van der Waals surface area contributed by atoms with Crippen LogP contribution in [0.25, 0.3) is 0 Å². The zero-order valence-electron chi connectivity index (χ0n) is 60.0. The fraction of sp³-hybridized carbons (Fsp3) is 0.714. The van der Waals surface area contributed by atoms with Gasteiger partial charge in [0.2, 0.25) is 0 Å². The summed E-state index contributed by atoms with van der Waals surface area (Å²) in [7, 11) is -9.96. The molecule has 0 rings (SSSR count). The highest BCUT2D eigenvalue weighted by atomic mass is 31.2. The summed E-state index contributed by atoms with van der Waals surface area (Å²) in [4.78, 5) is 72.7. The van der Waals surface area contributed by atoms with Gasteiger partial charge in [-0.15, -0.1) is 0 Å². The minimum atomic E-state index is -4.98. The number of aliphatic hydroxyl groups is 1. The van der Waals surface area contributed by atoms with Crippen LogP contribution in [0.3, 0.4) is 0 Å². The third-order valence-electron chi connectivity index (χ3n) is 15.2. The van der Waals surface area contributed by atoms with Crippen LogP contribution in [0.4, 0.5) is 0 Å². The summed E-state index contributed by atoms with van der Waals surface area (Å²) in [5.74, 6) is -2.26. The van der Waals surface area contributed by atoms with Crippen molar-refractivity contribution in [3.05, 3.63) is 109 Å². The van der Waals surface area contributed by atoms with E-state index in [1.807, 2.05) is 12.2 Å². The molecule has 0 aromatic rings. The lowest BCUT2D eigenvalue weighted by molar-refractivity contribution is -0.161. The van der Waals surface area contributed by atoms with Gasteiger partial charge in [0, 0.05) is 25.7 Å². The van der Waals surface area contributed by atoms with Crippen molar-refractivity contribution in [3.8, 4) is 0 Å². The Balaban J connectivity index is 5.33. The van der Waals surface area contributed by atoms with Gasteiger partial charge in [-0.3, -0.25) is 37.3 Å². The molecule has 5 unspecified atom stereocenters. The Morgan fingerprint density at radius 3 is 0.917 bits per heavy atom. The number of rotatable bonds is 69. The monoisotopic (exact) mass is 1390 g/mol. The van der Waals surface area contributed by atoms with Crippen molar-refractivity contribution < 1.29 is 80.2 Å². The van der Waals surface area contributed by atoms with E-state index in [0.717, 1.165) is 161 Å². The smallest absolute Gasteiger partial charge is 0.462 e. The Morgan fingerprint density at radius 2 is 0.562 bits per heavy atom. The van der Waals surface area contributed by atoms with E-state index in [1.165, 1.54) is 51.4 Å². The van der Waals surface area contributed by atoms with Crippen LogP contribution in [0.1, 0.15) is 297 Å². The van der Waals surface area contributed by atoms with Gasteiger partial charge in [0.15, 0.2) is 12.2 Å². The first-order valence-electron chi connectivity index (χ1n) is 37.1. The van der Waals surface area contributed by atoms with Crippen LogP contribution in [0.2, 0.25) is 0 Å². The second-order valence-corrected chi connectivity index (χ2v) is 27.4. The second-order valence-electron chi connectivity index (χ2n) is 24.5. The van der Waals surface area contributed by atoms with Crippen molar-refractivity contribution in [3.63, 3.8) is 0 Å². The molecule has 0 fully saturated rings. The molecule has 17 nitrogen and oxygen atoms in total. The number of hydrogen-bond donors (Lipinski definition) is 3. The topological polar surface area (TPSA) is 237 Å². The maximum atomic E-state index is 13.0. The Bertz CT molecular complexity index is 2250. The van der Waals surface area contributed by atoms with E-state index < -0.39 is 97.5 Å². The number of aliphatic hydroxyl groups excluding tert-OH is 1. The highest BCUT2D eigenvalue weighted by Gasteiger charge is 2.30. The minimum Gasteiger partial charge on any atom is -0.462 e. The molecule has 0 amide bonds. The average molecular weight is 1390 g/mol. The molecule has 0 aliphatic rings. The number of ether oxygens (including phenoxy) is 4. The van der Waals surface area contributed by atoms with Gasteiger partial charge in [0.05, 0.1) is 26.4 Å². The van der Waals surface area contributed by atoms with Crippen molar-refractivity contribution in [2.75, 3.05) is 39.6 Å². The molecule has 5 atom stereocenters. The molecule has 3 N–H and O–H groups in total. The van der Waals surface area contributed by atoms with Gasteiger partial charge < -0.3 is 33.8 Å². The van der Waals surface area contributed by atoms with Crippen LogP contribution in [-0.4, -0.2) is 96.7 Å². The lowest BCUT2D eigenvalue weighted by Gasteiger charge is -2.21. The first-order chi connectivity index (χ1) is 46.7. The maximum absolute atomic E-state index is 13.0. The summed E-state index contributed by atoms with van der Waals surface area (Å²) < 4.78 is 68.3. The van der Waals surface area contributed by atoms with Gasteiger partial charge in [-0.25, -0.2) is 9.13 Å². The Morgan fingerprint density at radius 1 is 0.302 bits per heavy atom. The zero-order chi connectivity index (χ0) is 70.4. The molecule has 0 saturated heterocycles. The molecule has 0 spiro atoms. The molecule has 0 aliphatic carbocycles. The minimum absolute atomic E-state index is 0.0714. The number of carbonyl (C=O) groups is 4. The number of phosphoric acid groups is 2. The number of carbonyl (C=O) groups excluding carboxylic acids is 4. The SMILES string of the molecule is CC/C=C\C/C=C\C/C=C\C/C=C\C/C=C\CCCC(=O)OCC(COP(=O)(O)OCC(O)COP(=O)(O)OCC(COC(=O)CCCCCCCCC/C=C\C/C=C\C/C=C\CC)OC(=O)CCCCCCCCCCCCC)OC(=O)CCCCCCC/C=C\CCCC. The van der Waals surface area contributed by atoms with Crippen LogP contribution in [0.15, 0.2) is 109 Å². The molecule has 96 heavy (non-hydrogen) atoms. The van der Waals surface area contributed by atoms with Crippen LogP contribution in [-0.2, 0) is 65.4 Å². The largest absolute Gasteiger partial charge is 0.472 e. The van der Waals surface area contributed by atoms with Crippen molar-refractivity contribution in [2.45, 2.75) is 316 Å². The number of phosphoric ester groups is 2.